The molecular weight excluding hydrogens is 354 g/mol. The largest absolute Gasteiger partial charge is 0.342 e. The van der Waals surface area contributed by atoms with E-state index < -0.39 is 0 Å². The van der Waals surface area contributed by atoms with Crippen LogP contribution in [0.2, 0.25) is 0 Å². The van der Waals surface area contributed by atoms with E-state index in [2.05, 4.69) is 38.1 Å². The van der Waals surface area contributed by atoms with Gasteiger partial charge in [-0.3, -0.25) is 4.79 Å². The zero-order chi connectivity index (χ0) is 16.2. The van der Waals surface area contributed by atoms with E-state index in [1.54, 1.807) is 0 Å². The Balaban J connectivity index is 1.85. The van der Waals surface area contributed by atoms with Crippen LogP contribution in [0.5, 0.6) is 0 Å². The van der Waals surface area contributed by atoms with Crippen molar-refractivity contribution >= 4 is 32.9 Å². The smallest absolute Gasteiger partial charge is 0.251 e. The minimum absolute atomic E-state index is 0.0924. The number of fused-ring (bicyclic) bond motifs is 1. The average molecular weight is 372 g/mol. The molecule has 23 heavy (non-hydrogen) atoms. The summed E-state index contributed by atoms with van der Waals surface area (Å²) < 4.78 is 0.890. The van der Waals surface area contributed by atoms with Crippen LogP contribution in [-0.2, 0) is 0 Å². The normalized spacial score (nSPS) is 12.3. The van der Waals surface area contributed by atoms with Gasteiger partial charge in [-0.25, -0.2) is 4.98 Å². The van der Waals surface area contributed by atoms with Crippen LogP contribution in [-0.4, -0.2) is 15.9 Å². The van der Waals surface area contributed by atoms with Crippen molar-refractivity contribution in [1.82, 2.24) is 15.3 Å². The molecule has 0 saturated carbocycles. The second kappa shape index (κ2) is 6.96. The van der Waals surface area contributed by atoms with Crippen LogP contribution in [0.3, 0.4) is 0 Å². The molecule has 1 amide bonds. The molecule has 1 heterocycles. The predicted octanol–water partition coefficient (Wildman–Crippen LogP) is 4.60. The van der Waals surface area contributed by atoms with Crippen molar-refractivity contribution < 1.29 is 4.79 Å². The molecule has 0 spiro atoms. The fourth-order valence-electron chi connectivity index (χ4n) is 2.57. The fourth-order valence-corrected chi connectivity index (χ4v) is 2.97. The standard InChI is InChI=1S/C18H18BrN3O/c1-2-6-16(17-20-14-9-3-4-10-15(14)21-17)22-18(23)12-7-5-8-13(19)11-12/h3-5,7-11,16H,2,6H2,1H3,(H,20,21)(H,22,23)/t16-/m0/s1. The highest BCUT2D eigenvalue weighted by Gasteiger charge is 2.18. The number of nitrogens with zero attached hydrogens (tertiary/aromatic N) is 1. The van der Waals surface area contributed by atoms with E-state index in [1.165, 1.54) is 0 Å². The van der Waals surface area contributed by atoms with E-state index in [9.17, 15) is 4.79 Å². The molecule has 0 radical (unpaired) electrons. The molecule has 0 aliphatic heterocycles. The summed E-state index contributed by atoms with van der Waals surface area (Å²) in [5, 5.41) is 3.09. The number of rotatable bonds is 5. The van der Waals surface area contributed by atoms with Crippen LogP contribution in [0.4, 0.5) is 0 Å². The topological polar surface area (TPSA) is 57.8 Å². The molecular formula is C18H18BrN3O. The van der Waals surface area contributed by atoms with Crippen LogP contribution < -0.4 is 5.32 Å². The Morgan fingerprint density at radius 3 is 2.83 bits per heavy atom. The fraction of sp³-hybridized carbons (Fsp3) is 0.222. The van der Waals surface area contributed by atoms with Gasteiger partial charge in [-0.1, -0.05) is 47.5 Å². The number of halogens is 1. The SMILES string of the molecule is CCC[C@H](NC(=O)c1cccc(Br)c1)c1nc2ccccc2[nH]1. The van der Waals surface area contributed by atoms with Crippen molar-refractivity contribution in [3.8, 4) is 0 Å². The number of hydrogen-bond acceptors (Lipinski definition) is 2. The number of amides is 1. The zero-order valence-electron chi connectivity index (χ0n) is 12.8. The Morgan fingerprint density at radius 2 is 2.09 bits per heavy atom. The molecule has 0 bridgehead atoms. The molecule has 1 aromatic heterocycles. The minimum Gasteiger partial charge on any atom is -0.342 e. The van der Waals surface area contributed by atoms with E-state index in [4.69, 9.17) is 0 Å². The molecule has 0 aliphatic rings. The Labute approximate surface area is 143 Å². The second-order valence-electron chi connectivity index (χ2n) is 5.46. The van der Waals surface area contributed by atoms with Crippen LogP contribution in [0.1, 0.15) is 42.0 Å². The summed E-state index contributed by atoms with van der Waals surface area (Å²) in [6.45, 7) is 2.10. The van der Waals surface area contributed by atoms with Crippen molar-refractivity contribution in [3.63, 3.8) is 0 Å². The Bertz CT molecular complexity index is 795. The van der Waals surface area contributed by atoms with Gasteiger partial charge in [0.1, 0.15) is 5.82 Å². The first kappa shape index (κ1) is 15.7. The van der Waals surface area contributed by atoms with Crippen LogP contribution in [0.15, 0.2) is 53.0 Å². The number of carbonyl (C=O) groups is 1. The molecule has 0 fully saturated rings. The highest BCUT2D eigenvalue weighted by atomic mass is 79.9. The molecule has 0 unspecified atom stereocenters. The van der Waals surface area contributed by atoms with Gasteiger partial charge in [0.05, 0.1) is 17.1 Å². The molecule has 0 aliphatic carbocycles. The number of aromatic amines is 1. The van der Waals surface area contributed by atoms with E-state index >= 15 is 0 Å². The minimum atomic E-state index is -0.126. The number of carbonyl (C=O) groups excluding carboxylic acids is 1. The Morgan fingerprint density at radius 1 is 1.26 bits per heavy atom. The quantitative estimate of drug-likeness (QED) is 0.688. The van der Waals surface area contributed by atoms with Gasteiger partial charge in [0, 0.05) is 10.0 Å². The van der Waals surface area contributed by atoms with Gasteiger partial charge in [-0.05, 0) is 36.8 Å². The third-order valence-electron chi connectivity index (χ3n) is 3.71. The van der Waals surface area contributed by atoms with E-state index in [1.807, 2.05) is 48.5 Å². The first-order chi connectivity index (χ1) is 11.2. The number of H-pyrrole nitrogens is 1. The number of nitrogens with one attached hydrogen (secondary N) is 2. The predicted molar refractivity (Wildman–Crippen MR) is 95.4 cm³/mol. The molecule has 3 rings (SSSR count). The van der Waals surface area contributed by atoms with Crippen LogP contribution >= 0.6 is 15.9 Å². The van der Waals surface area contributed by atoms with Crippen molar-refractivity contribution in [1.29, 1.82) is 0 Å². The highest BCUT2D eigenvalue weighted by Crippen LogP contribution is 2.21. The lowest BCUT2D eigenvalue weighted by molar-refractivity contribution is 0.0932. The Hall–Kier alpha value is -2.14. The second-order valence-corrected chi connectivity index (χ2v) is 6.38. The maximum absolute atomic E-state index is 12.5. The summed E-state index contributed by atoms with van der Waals surface area (Å²) in [5.74, 6) is 0.710. The van der Waals surface area contributed by atoms with E-state index in [0.717, 1.165) is 34.2 Å². The third-order valence-corrected chi connectivity index (χ3v) is 4.20. The van der Waals surface area contributed by atoms with Gasteiger partial charge < -0.3 is 10.3 Å². The van der Waals surface area contributed by atoms with Crippen LogP contribution in [0.25, 0.3) is 11.0 Å². The van der Waals surface area contributed by atoms with Gasteiger partial charge in [0.15, 0.2) is 0 Å². The van der Waals surface area contributed by atoms with Crippen molar-refractivity contribution in [3.05, 3.63) is 64.4 Å². The molecule has 5 heteroatoms. The van der Waals surface area contributed by atoms with E-state index in [0.29, 0.717) is 5.56 Å². The molecule has 3 aromatic rings. The van der Waals surface area contributed by atoms with Crippen LogP contribution in [0, 0.1) is 0 Å². The molecule has 4 nitrogen and oxygen atoms in total. The number of imidazole rings is 1. The summed E-state index contributed by atoms with van der Waals surface area (Å²) in [7, 11) is 0. The zero-order valence-corrected chi connectivity index (χ0v) is 14.4. The summed E-state index contributed by atoms with van der Waals surface area (Å²) in [6.07, 6.45) is 1.79. The molecule has 118 valence electrons. The lowest BCUT2D eigenvalue weighted by Crippen LogP contribution is -2.29. The van der Waals surface area contributed by atoms with Gasteiger partial charge >= 0.3 is 0 Å². The van der Waals surface area contributed by atoms with E-state index in [-0.39, 0.29) is 11.9 Å². The maximum atomic E-state index is 12.5. The number of para-hydroxylation sites is 2. The summed E-state index contributed by atoms with van der Waals surface area (Å²) >= 11 is 3.40. The molecule has 0 saturated heterocycles. The van der Waals surface area contributed by atoms with Gasteiger partial charge in [0.25, 0.3) is 5.91 Å². The lowest BCUT2D eigenvalue weighted by Gasteiger charge is -2.16. The molecule has 2 aromatic carbocycles. The number of aromatic nitrogens is 2. The highest BCUT2D eigenvalue weighted by molar-refractivity contribution is 9.10. The monoisotopic (exact) mass is 371 g/mol. The van der Waals surface area contributed by atoms with Gasteiger partial charge in [-0.15, -0.1) is 0 Å². The summed E-state index contributed by atoms with van der Waals surface area (Å²) in [6, 6.07) is 15.1. The van der Waals surface area contributed by atoms with Crippen molar-refractivity contribution in [2.24, 2.45) is 0 Å². The third kappa shape index (κ3) is 3.62. The number of benzene rings is 2. The summed E-state index contributed by atoms with van der Waals surface area (Å²) in [5.41, 5.74) is 2.54. The van der Waals surface area contributed by atoms with Gasteiger partial charge in [-0.2, -0.15) is 0 Å². The Kier molecular flexibility index (Phi) is 4.76. The maximum Gasteiger partial charge on any atom is 0.251 e. The first-order valence-electron chi connectivity index (χ1n) is 7.68. The number of hydrogen-bond donors (Lipinski definition) is 2. The van der Waals surface area contributed by atoms with Gasteiger partial charge in [0.2, 0.25) is 0 Å². The average Bonchev–Trinajstić information content (AvgIpc) is 2.98. The summed E-state index contributed by atoms with van der Waals surface area (Å²) in [4.78, 5) is 20.4. The molecule has 1 atom stereocenters. The van der Waals surface area contributed by atoms with Crippen molar-refractivity contribution in [2.45, 2.75) is 25.8 Å². The first-order valence-corrected chi connectivity index (χ1v) is 8.47. The lowest BCUT2D eigenvalue weighted by atomic mass is 10.1. The molecule has 2 N–H and O–H groups in total. The van der Waals surface area contributed by atoms with Crippen molar-refractivity contribution in [2.75, 3.05) is 0 Å².